The lowest BCUT2D eigenvalue weighted by molar-refractivity contribution is 0.145. The Morgan fingerprint density at radius 2 is 2.29 bits per heavy atom. The molecule has 0 aliphatic rings. The number of aromatic amines is 1. The number of ether oxygens (including phenoxy) is 1. The van der Waals surface area contributed by atoms with Gasteiger partial charge in [-0.15, -0.1) is 0 Å². The van der Waals surface area contributed by atoms with E-state index in [2.05, 4.69) is 25.7 Å². The van der Waals surface area contributed by atoms with Crippen molar-refractivity contribution >= 4 is 15.9 Å². The molecule has 14 heavy (non-hydrogen) atoms. The lowest BCUT2D eigenvalue weighted by atomic mass is 10.1. The van der Waals surface area contributed by atoms with Crippen molar-refractivity contribution in [2.45, 2.75) is 11.8 Å². The van der Waals surface area contributed by atoms with Crippen molar-refractivity contribution in [2.24, 2.45) is 0 Å². The van der Waals surface area contributed by atoms with Crippen molar-refractivity contribution in [3.8, 4) is 5.88 Å². The van der Waals surface area contributed by atoms with Crippen molar-refractivity contribution in [1.82, 2.24) is 4.98 Å². The molecule has 0 saturated carbocycles. The first kappa shape index (κ1) is 11.2. The van der Waals surface area contributed by atoms with Gasteiger partial charge in [-0.3, -0.25) is 9.78 Å². The highest BCUT2D eigenvalue weighted by Gasteiger charge is 2.19. The van der Waals surface area contributed by atoms with Crippen LogP contribution in [0.2, 0.25) is 0 Å². The van der Waals surface area contributed by atoms with Crippen LogP contribution in [0.4, 0.5) is 8.78 Å². The van der Waals surface area contributed by atoms with Crippen molar-refractivity contribution in [3.63, 3.8) is 0 Å². The number of halogens is 3. The van der Waals surface area contributed by atoms with E-state index in [9.17, 15) is 13.6 Å². The summed E-state index contributed by atoms with van der Waals surface area (Å²) in [5.41, 5.74) is -0.495. The maximum atomic E-state index is 12.6. The molecule has 0 spiro atoms. The van der Waals surface area contributed by atoms with E-state index in [4.69, 9.17) is 0 Å². The highest BCUT2D eigenvalue weighted by Crippen LogP contribution is 2.30. The molecule has 1 aromatic rings. The van der Waals surface area contributed by atoms with Crippen molar-refractivity contribution in [2.75, 3.05) is 7.11 Å². The first-order chi connectivity index (χ1) is 6.60. The summed E-state index contributed by atoms with van der Waals surface area (Å²) >= 11 is 3.03. The van der Waals surface area contributed by atoms with E-state index in [1.54, 1.807) is 0 Å². The van der Waals surface area contributed by atoms with E-state index in [1.165, 1.54) is 7.11 Å². The standard InChI is InChI=1S/C8H8BrF2NO2/c1-14-8-6(7(10)11)4(3-9)2-5(13)12-8/h2,7H,3H2,1H3,(H,12,13). The maximum Gasteiger partial charge on any atom is 0.269 e. The van der Waals surface area contributed by atoms with E-state index in [0.717, 1.165) is 6.07 Å². The van der Waals surface area contributed by atoms with Gasteiger partial charge in [0.05, 0.1) is 12.7 Å². The Morgan fingerprint density at radius 3 is 2.71 bits per heavy atom. The van der Waals surface area contributed by atoms with Crippen LogP contribution in [0.25, 0.3) is 0 Å². The molecule has 0 fully saturated rings. The molecule has 0 saturated heterocycles. The summed E-state index contributed by atoms with van der Waals surface area (Å²) in [6.45, 7) is 0. The monoisotopic (exact) mass is 267 g/mol. The zero-order valence-corrected chi connectivity index (χ0v) is 8.90. The fraction of sp³-hybridized carbons (Fsp3) is 0.375. The minimum atomic E-state index is -2.67. The first-order valence-electron chi connectivity index (χ1n) is 3.74. The highest BCUT2D eigenvalue weighted by atomic mass is 79.9. The predicted molar refractivity (Wildman–Crippen MR) is 51.2 cm³/mol. The number of nitrogens with one attached hydrogen (secondary N) is 1. The molecule has 1 N–H and O–H groups in total. The Kier molecular flexibility index (Phi) is 3.62. The third kappa shape index (κ3) is 2.12. The molecule has 1 heterocycles. The largest absolute Gasteiger partial charge is 0.482 e. The molecule has 0 aromatic carbocycles. The van der Waals surface area contributed by atoms with Gasteiger partial charge in [-0.25, -0.2) is 8.78 Å². The molecule has 6 heteroatoms. The zero-order valence-electron chi connectivity index (χ0n) is 7.31. The molecular formula is C8H8BrF2NO2. The molecule has 78 valence electrons. The summed E-state index contributed by atoms with van der Waals surface area (Å²) in [4.78, 5) is 13.2. The van der Waals surface area contributed by atoms with E-state index in [-0.39, 0.29) is 22.3 Å². The number of pyridine rings is 1. The van der Waals surface area contributed by atoms with Crippen LogP contribution in [0.5, 0.6) is 5.88 Å². The molecule has 0 bridgehead atoms. The SMILES string of the molecule is COc1[nH]c(=O)cc(CBr)c1C(F)F. The zero-order chi connectivity index (χ0) is 10.7. The third-order valence-corrected chi connectivity index (χ3v) is 2.30. The Morgan fingerprint density at radius 1 is 1.64 bits per heavy atom. The van der Waals surface area contributed by atoms with E-state index < -0.39 is 12.0 Å². The molecule has 0 unspecified atom stereocenters. The van der Waals surface area contributed by atoms with Crippen LogP contribution >= 0.6 is 15.9 Å². The molecule has 0 amide bonds. The lowest BCUT2D eigenvalue weighted by Crippen LogP contribution is -2.11. The van der Waals surface area contributed by atoms with Crippen LogP contribution < -0.4 is 10.3 Å². The number of methoxy groups -OCH3 is 1. The fourth-order valence-electron chi connectivity index (χ4n) is 1.11. The summed E-state index contributed by atoms with van der Waals surface area (Å²) in [6.07, 6.45) is -2.67. The smallest absolute Gasteiger partial charge is 0.269 e. The number of hydrogen-bond acceptors (Lipinski definition) is 2. The number of rotatable bonds is 3. The van der Waals surface area contributed by atoms with Crippen LogP contribution in [0.15, 0.2) is 10.9 Å². The van der Waals surface area contributed by atoms with E-state index in [1.807, 2.05) is 0 Å². The quantitative estimate of drug-likeness (QED) is 0.854. The Balaban J connectivity index is 3.40. The molecule has 1 aromatic heterocycles. The summed E-state index contributed by atoms with van der Waals surface area (Å²) in [5.74, 6) is -0.179. The van der Waals surface area contributed by atoms with Gasteiger partial charge in [0, 0.05) is 11.4 Å². The molecule has 3 nitrogen and oxygen atoms in total. The highest BCUT2D eigenvalue weighted by molar-refractivity contribution is 9.08. The first-order valence-corrected chi connectivity index (χ1v) is 4.86. The van der Waals surface area contributed by atoms with Gasteiger partial charge in [0.15, 0.2) is 0 Å². The minimum Gasteiger partial charge on any atom is -0.482 e. The van der Waals surface area contributed by atoms with Crippen LogP contribution in [0.1, 0.15) is 17.6 Å². The average Bonchev–Trinajstić information content (AvgIpc) is 2.15. The molecule has 0 atom stereocenters. The average molecular weight is 268 g/mol. The summed E-state index contributed by atoms with van der Waals surface area (Å²) in [7, 11) is 1.23. The van der Waals surface area contributed by atoms with Gasteiger partial charge in [0.1, 0.15) is 0 Å². The Hall–Kier alpha value is -0.910. The van der Waals surface area contributed by atoms with Crippen LogP contribution in [-0.2, 0) is 5.33 Å². The van der Waals surface area contributed by atoms with E-state index in [0.29, 0.717) is 0 Å². The maximum absolute atomic E-state index is 12.6. The summed E-state index contributed by atoms with van der Waals surface area (Å²) in [5, 5.41) is 0.187. The summed E-state index contributed by atoms with van der Waals surface area (Å²) in [6, 6.07) is 1.12. The Bertz CT molecular complexity index is 350. The molecular weight excluding hydrogens is 260 g/mol. The predicted octanol–water partition coefficient (Wildman–Crippen LogP) is 2.22. The topological polar surface area (TPSA) is 42.1 Å². The minimum absolute atomic E-state index is 0.179. The molecule has 0 aliphatic heterocycles. The van der Waals surface area contributed by atoms with Gasteiger partial charge in [-0.2, -0.15) is 0 Å². The number of alkyl halides is 3. The normalized spacial score (nSPS) is 10.6. The number of H-pyrrole nitrogens is 1. The van der Waals surface area contributed by atoms with Crippen molar-refractivity contribution in [3.05, 3.63) is 27.5 Å². The second-order valence-electron chi connectivity index (χ2n) is 2.54. The van der Waals surface area contributed by atoms with Gasteiger partial charge in [0.25, 0.3) is 12.0 Å². The number of hydrogen-bond donors (Lipinski definition) is 1. The fourth-order valence-corrected chi connectivity index (χ4v) is 1.57. The van der Waals surface area contributed by atoms with Crippen molar-refractivity contribution in [1.29, 1.82) is 0 Å². The summed E-state index contributed by atoms with van der Waals surface area (Å²) < 4.78 is 29.8. The lowest BCUT2D eigenvalue weighted by Gasteiger charge is -2.10. The van der Waals surface area contributed by atoms with Crippen LogP contribution in [0.3, 0.4) is 0 Å². The van der Waals surface area contributed by atoms with Gasteiger partial charge in [0.2, 0.25) is 5.88 Å². The van der Waals surface area contributed by atoms with Gasteiger partial charge >= 0.3 is 0 Å². The van der Waals surface area contributed by atoms with Crippen molar-refractivity contribution < 1.29 is 13.5 Å². The second-order valence-corrected chi connectivity index (χ2v) is 3.10. The van der Waals surface area contributed by atoms with Gasteiger partial charge in [-0.1, -0.05) is 15.9 Å². The Labute approximate surface area is 87.2 Å². The molecule has 1 rings (SSSR count). The second kappa shape index (κ2) is 4.54. The van der Waals surface area contributed by atoms with Crippen LogP contribution in [-0.4, -0.2) is 12.1 Å². The number of aromatic nitrogens is 1. The van der Waals surface area contributed by atoms with Crippen LogP contribution in [0, 0.1) is 0 Å². The van der Waals surface area contributed by atoms with Gasteiger partial charge in [-0.05, 0) is 5.56 Å². The van der Waals surface area contributed by atoms with Gasteiger partial charge < -0.3 is 4.74 Å². The molecule has 0 aliphatic carbocycles. The molecule has 0 radical (unpaired) electrons. The third-order valence-electron chi connectivity index (χ3n) is 1.70. The van der Waals surface area contributed by atoms with E-state index >= 15 is 0 Å².